The molecule has 0 spiro atoms. The first-order chi connectivity index (χ1) is 45.0. The van der Waals surface area contributed by atoms with Crippen molar-refractivity contribution in [2.45, 2.75) is 463 Å². The zero-order valence-electron chi connectivity index (χ0n) is 63.1. The van der Waals surface area contributed by atoms with Crippen molar-refractivity contribution < 1.29 is 32.9 Å². The molecule has 0 saturated carbocycles. The Kier molecular flexibility index (Phi) is 73.4. The standard InChI is InChI=1S/C83H165N2O6P/c1-6-8-10-12-14-16-18-20-22-24-26-28-30-32-34-36-38-39-40-41-42-43-44-45-47-49-51-53-55-57-59-61-63-65-67-69-71-73-75-77-83(87)84-81(80-91-92(88,89)90-79-78-85(3,4)5)82(86)76-74-72-70-68-66-64-62-60-58-56-54-52-50-48-46-37-35-33-31-29-27-25-23-21-19-17-15-13-11-9-7-2/h24,26,74,76,81-82,86H,6-23,25,27-73,75,77-80H2,1-5H3,(H-,84,87,88,89)/b26-24-,76-74+. The Morgan fingerprint density at radius 1 is 0.370 bits per heavy atom. The molecule has 0 aliphatic heterocycles. The Morgan fingerprint density at radius 2 is 0.598 bits per heavy atom. The summed E-state index contributed by atoms with van der Waals surface area (Å²) < 4.78 is 23.5. The average molecular weight is 1320 g/mol. The number of nitrogens with one attached hydrogen (secondary N) is 1. The average Bonchev–Trinajstić information content (AvgIpc) is 2.63. The van der Waals surface area contributed by atoms with Crippen LogP contribution >= 0.6 is 7.82 Å². The Morgan fingerprint density at radius 3 is 0.848 bits per heavy atom. The number of phosphoric ester groups is 1. The van der Waals surface area contributed by atoms with Crippen molar-refractivity contribution in [2.24, 2.45) is 0 Å². The topological polar surface area (TPSA) is 108 Å². The number of phosphoric acid groups is 1. The van der Waals surface area contributed by atoms with Gasteiger partial charge in [0.2, 0.25) is 5.91 Å². The van der Waals surface area contributed by atoms with Crippen LogP contribution < -0.4 is 10.2 Å². The van der Waals surface area contributed by atoms with Crippen molar-refractivity contribution in [3.63, 3.8) is 0 Å². The van der Waals surface area contributed by atoms with Crippen molar-refractivity contribution in [3.05, 3.63) is 24.3 Å². The summed E-state index contributed by atoms with van der Waals surface area (Å²) in [4.78, 5) is 25.7. The summed E-state index contributed by atoms with van der Waals surface area (Å²) in [5, 5.41) is 14.0. The highest BCUT2D eigenvalue weighted by atomic mass is 31.2. The number of allylic oxidation sites excluding steroid dienone is 3. The van der Waals surface area contributed by atoms with E-state index in [2.05, 4.69) is 31.3 Å². The molecule has 0 radical (unpaired) electrons. The lowest BCUT2D eigenvalue weighted by atomic mass is 10.0. The van der Waals surface area contributed by atoms with Crippen LogP contribution in [0.4, 0.5) is 0 Å². The van der Waals surface area contributed by atoms with Gasteiger partial charge in [-0.05, 0) is 44.9 Å². The Balaban J connectivity index is 3.90. The monoisotopic (exact) mass is 1320 g/mol. The van der Waals surface area contributed by atoms with E-state index >= 15 is 0 Å². The number of carbonyl (C=O) groups excluding carboxylic acids is 1. The molecule has 0 aliphatic rings. The van der Waals surface area contributed by atoms with Crippen LogP contribution in [0.3, 0.4) is 0 Å². The molecule has 3 unspecified atom stereocenters. The van der Waals surface area contributed by atoms with Crippen LogP contribution in [0.2, 0.25) is 0 Å². The number of amides is 1. The molecule has 8 nitrogen and oxygen atoms in total. The summed E-state index contributed by atoms with van der Waals surface area (Å²) in [5.74, 6) is -0.186. The molecule has 0 fully saturated rings. The maximum atomic E-state index is 13.1. The van der Waals surface area contributed by atoms with E-state index in [1.54, 1.807) is 6.08 Å². The van der Waals surface area contributed by atoms with E-state index in [4.69, 9.17) is 9.05 Å². The third-order valence-corrected chi connectivity index (χ3v) is 20.6. The van der Waals surface area contributed by atoms with Crippen LogP contribution in [0.5, 0.6) is 0 Å². The smallest absolute Gasteiger partial charge is 0.268 e. The molecule has 0 aliphatic carbocycles. The van der Waals surface area contributed by atoms with Crippen LogP contribution in [0.25, 0.3) is 0 Å². The number of quaternary nitrogens is 1. The highest BCUT2D eigenvalue weighted by molar-refractivity contribution is 7.45. The number of hydrogen-bond acceptors (Lipinski definition) is 6. The highest BCUT2D eigenvalue weighted by Crippen LogP contribution is 2.38. The second-order valence-corrected chi connectivity index (χ2v) is 31.6. The van der Waals surface area contributed by atoms with Crippen molar-refractivity contribution in [1.82, 2.24) is 5.32 Å². The molecule has 0 rings (SSSR count). The number of unbranched alkanes of at least 4 members (excludes halogenated alkanes) is 64. The van der Waals surface area contributed by atoms with Gasteiger partial charge in [0, 0.05) is 6.42 Å². The molecular formula is C83H165N2O6P. The number of carbonyl (C=O) groups is 1. The largest absolute Gasteiger partial charge is 0.756 e. The molecule has 0 aromatic heterocycles. The van der Waals surface area contributed by atoms with Gasteiger partial charge in [0.15, 0.2) is 0 Å². The third kappa shape index (κ3) is 76.3. The molecule has 9 heteroatoms. The fourth-order valence-corrected chi connectivity index (χ4v) is 13.9. The van der Waals surface area contributed by atoms with Crippen LogP contribution in [0, 0.1) is 0 Å². The summed E-state index contributed by atoms with van der Waals surface area (Å²) >= 11 is 0. The molecule has 0 saturated heterocycles. The van der Waals surface area contributed by atoms with Gasteiger partial charge in [-0.25, -0.2) is 0 Å². The summed E-state index contributed by atoms with van der Waals surface area (Å²) in [6.45, 7) is 4.73. The molecule has 0 aromatic carbocycles. The first-order valence-corrected chi connectivity index (χ1v) is 43.2. The lowest BCUT2D eigenvalue weighted by Gasteiger charge is -2.29. The van der Waals surface area contributed by atoms with Gasteiger partial charge in [0.1, 0.15) is 13.2 Å². The van der Waals surface area contributed by atoms with E-state index < -0.39 is 20.0 Å². The summed E-state index contributed by atoms with van der Waals surface area (Å²) in [5.41, 5.74) is 0. The van der Waals surface area contributed by atoms with Crippen LogP contribution in [-0.2, 0) is 18.4 Å². The number of aliphatic hydroxyl groups is 1. The molecule has 0 heterocycles. The predicted octanol–water partition coefficient (Wildman–Crippen LogP) is 26.7. The van der Waals surface area contributed by atoms with Crippen molar-refractivity contribution in [3.8, 4) is 0 Å². The molecule has 1 amide bonds. The maximum absolute atomic E-state index is 13.1. The van der Waals surface area contributed by atoms with Crippen molar-refractivity contribution in [2.75, 3.05) is 40.9 Å². The second kappa shape index (κ2) is 74.2. The van der Waals surface area contributed by atoms with Gasteiger partial charge >= 0.3 is 0 Å². The van der Waals surface area contributed by atoms with Crippen molar-refractivity contribution >= 4 is 13.7 Å². The minimum atomic E-state index is -4.61. The molecular weight excluding hydrogens is 1150 g/mol. The van der Waals surface area contributed by atoms with Crippen LogP contribution in [0.15, 0.2) is 24.3 Å². The SMILES string of the molecule is CCCCCCCCCC/C=C\CCCCCCCCCCCCCCCCCCCCCCCCCCCCCC(=O)NC(COP(=O)([O-])OCC[N+](C)(C)C)C(O)/C=C/CCCCCCCCCCCCCCCCCCCCCCCCCCCCCCC. The minimum Gasteiger partial charge on any atom is -0.756 e. The van der Waals surface area contributed by atoms with Gasteiger partial charge in [-0.3, -0.25) is 9.36 Å². The summed E-state index contributed by atoms with van der Waals surface area (Å²) in [6.07, 6.45) is 99.4. The Labute approximate surface area is 576 Å². The molecule has 2 N–H and O–H groups in total. The van der Waals surface area contributed by atoms with Gasteiger partial charge < -0.3 is 28.8 Å². The van der Waals surface area contributed by atoms with Crippen LogP contribution in [0.1, 0.15) is 450 Å². The molecule has 3 atom stereocenters. The second-order valence-electron chi connectivity index (χ2n) is 30.2. The quantitative estimate of drug-likeness (QED) is 0.0272. The zero-order chi connectivity index (χ0) is 66.9. The van der Waals surface area contributed by atoms with E-state index in [0.717, 1.165) is 38.5 Å². The van der Waals surface area contributed by atoms with Gasteiger partial charge in [-0.15, -0.1) is 0 Å². The number of hydrogen-bond donors (Lipinski definition) is 2. The molecule has 0 bridgehead atoms. The lowest BCUT2D eigenvalue weighted by Crippen LogP contribution is -2.45. The van der Waals surface area contributed by atoms with E-state index in [9.17, 15) is 19.4 Å². The molecule has 548 valence electrons. The van der Waals surface area contributed by atoms with Gasteiger partial charge in [-0.1, -0.05) is 423 Å². The zero-order valence-corrected chi connectivity index (χ0v) is 63.9. The first kappa shape index (κ1) is 91.0. The fraction of sp³-hybridized carbons (Fsp3) is 0.940. The first-order valence-electron chi connectivity index (χ1n) is 41.7. The van der Waals surface area contributed by atoms with Gasteiger partial charge in [0.25, 0.3) is 7.82 Å². The maximum Gasteiger partial charge on any atom is 0.268 e. The summed E-state index contributed by atoms with van der Waals surface area (Å²) in [7, 11) is 1.29. The molecule has 0 aromatic rings. The van der Waals surface area contributed by atoms with Crippen LogP contribution in [-0.4, -0.2) is 68.5 Å². The number of aliphatic hydroxyl groups excluding tert-OH is 1. The normalized spacial score (nSPS) is 13.5. The third-order valence-electron chi connectivity index (χ3n) is 19.7. The summed E-state index contributed by atoms with van der Waals surface area (Å²) in [6, 6.07) is -0.886. The Hall–Kier alpha value is -1.02. The lowest BCUT2D eigenvalue weighted by molar-refractivity contribution is -0.870. The number of nitrogens with zero attached hydrogens (tertiary/aromatic N) is 1. The van der Waals surface area contributed by atoms with E-state index in [0.29, 0.717) is 17.4 Å². The van der Waals surface area contributed by atoms with E-state index in [-0.39, 0.29) is 19.1 Å². The van der Waals surface area contributed by atoms with E-state index in [1.165, 1.54) is 392 Å². The number of likely N-dealkylation sites (N-methyl/N-ethyl adjacent to an activating group) is 1. The van der Waals surface area contributed by atoms with E-state index in [1.807, 2.05) is 27.2 Å². The van der Waals surface area contributed by atoms with Gasteiger partial charge in [0.05, 0.1) is 39.9 Å². The predicted molar refractivity (Wildman–Crippen MR) is 404 cm³/mol. The van der Waals surface area contributed by atoms with Crippen molar-refractivity contribution in [1.29, 1.82) is 0 Å². The molecule has 92 heavy (non-hydrogen) atoms. The van der Waals surface area contributed by atoms with Gasteiger partial charge in [-0.2, -0.15) is 0 Å². The highest BCUT2D eigenvalue weighted by Gasteiger charge is 2.23. The fourth-order valence-electron chi connectivity index (χ4n) is 13.2. The number of rotatable bonds is 79. The minimum absolute atomic E-state index is 0.00253. The Bertz CT molecular complexity index is 1550.